The van der Waals surface area contributed by atoms with Crippen LogP contribution in [0.25, 0.3) is 0 Å². The average molecular weight is 678 g/mol. The second kappa shape index (κ2) is 12.2. The Morgan fingerprint density at radius 1 is 1.31 bits per heavy atom. The minimum absolute atomic E-state index is 0.0520. The van der Waals surface area contributed by atoms with E-state index in [2.05, 4.69) is 33.5 Å². The van der Waals surface area contributed by atoms with E-state index in [1.807, 2.05) is 11.8 Å². The number of aryl methyl sites for hydroxylation is 1. The number of methoxy groups -OCH3 is 1. The molecule has 210 valence electrons. The molecule has 39 heavy (non-hydrogen) atoms. The topological polar surface area (TPSA) is 81.0 Å². The molecule has 2 heterocycles. The first-order valence-electron chi connectivity index (χ1n) is 11.8. The SMILES string of the molecule is C#CC1=[N+](C(=O)OC(C)(C)C)CCN(CC(Oc2cc(C)c(I)cc2C(=O)OC)c2csc(C(F)(F)F)n2)C1. The molecule has 1 atom stereocenters. The van der Waals surface area contributed by atoms with Crippen molar-refractivity contribution in [3.05, 3.63) is 42.9 Å². The number of ether oxygens (including phenoxy) is 3. The average Bonchev–Trinajstić information content (AvgIpc) is 3.35. The first-order chi connectivity index (χ1) is 18.1. The van der Waals surface area contributed by atoms with E-state index in [-0.39, 0.29) is 36.6 Å². The second-order valence-electron chi connectivity index (χ2n) is 9.73. The zero-order valence-corrected chi connectivity index (χ0v) is 25.0. The van der Waals surface area contributed by atoms with Crippen molar-refractivity contribution in [1.29, 1.82) is 0 Å². The summed E-state index contributed by atoms with van der Waals surface area (Å²) in [5, 5.41) is 0.275. The van der Waals surface area contributed by atoms with Crippen LogP contribution in [-0.2, 0) is 15.7 Å². The summed E-state index contributed by atoms with van der Waals surface area (Å²) in [6.45, 7) is 7.85. The fourth-order valence-corrected chi connectivity index (χ4v) is 4.91. The van der Waals surface area contributed by atoms with Gasteiger partial charge in [0.25, 0.3) is 5.71 Å². The smallest absolute Gasteiger partial charge is 0.482 e. The van der Waals surface area contributed by atoms with Crippen LogP contribution in [0.4, 0.5) is 18.0 Å². The number of benzene rings is 1. The number of carbonyl (C=O) groups excluding carboxylic acids is 2. The van der Waals surface area contributed by atoms with Gasteiger partial charge in [-0.05, 0) is 73.9 Å². The van der Waals surface area contributed by atoms with Gasteiger partial charge in [0.2, 0.25) is 0 Å². The summed E-state index contributed by atoms with van der Waals surface area (Å²) in [4.78, 5) is 30.8. The van der Waals surface area contributed by atoms with Crippen LogP contribution in [0.1, 0.15) is 53.5 Å². The first kappa shape index (κ1) is 30.8. The van der Waals surface area contributed by atoms with Crippen LogP contribution in [0.5, 0.6) is 5.75 Å². The monoisotopic (exact) mass is 678 g/mol. The molecule has 13 heteroatoms. The molecule has 0 radical (unpaired) electrons. The maximum atomic E-state index is 13.4. The molecule has 0 N–H and O–H groups in total. The van der Waals surface area contributed by atoms with Gasteiger partial charge in [-0.3, -0.25) is 4.90 Å². The molecule has 1 aliphatic heterocycles. The number of amides is 1. The summed E-state index contributed by atoms with van der Waals surface area (Å²) in [6, 6.07) is 3.23. The molecule has 1 aromatic heterocycles. The molecule has 0 aliphatic carbocycles. The summed E-state index contributed by atoms with van der Waals surface area (Å²) in [5.41, 5.74) is 0.631. The molecular formula is C26H28F3IN3O5S+. The summed E-state index contributed by atoms with van der Waals surface area (Å²) < 4.78 is 58.8. The van der Waals surface area contributed by atoms with E-state index in [9.17, 15) is 22.8 Å². The Balaban J connectivity index is 1.96. The quantitative estimate of drug-likeness (QED) is 0.177. The molecule has 0 saturated heterocycles. The predicted molar refractivity (Wildman–Crippen MR) is 147 cm³/mol. The number of terminal acetylenes is 1. The predicted octanol–water partition coefficient (Wildman–Crippen LogP) is 5.32. The van der Waals surface area contributed by atoms with Gasteiger partial charge in [0, 0.05) is 15.5 Å². The van der Waals surface area contributed by atoms with Crippen LogP contribution in [0.3, 0.4) is 0 Å². The van der Waals surface area contributed by atoms with E-state index in [4.69, 9.17) is 20.6 Å². The van der Waals surface area contributed by atoms with Crippen LogP contribution in [0.2, 0.25) is 0 Å². The summed E-state index contributed by atoms with van der Waals surface area (Å²) in [5.74, 6) is 2.02. The number of halogens is 4. The molecule has 1 aromatic carbocycles. The maximum absolute atomic E-state index is 13.4. The van der Waals surface area contributed by atoms with Crippen LogP contribution in [-0.4, -0.2) is 71.1 Å². The second-order valence-corrected chi connectivity index (χ2v) is 11.7. The number of alkyl halides is 3. The molecule has 1 aliphatic rings. The lowest BCUT2D eigenvalue weighted by Crippen LogP contribution is -2.48. The third-order valence-electron chi connectivity index (χ3n) is 5.57. The summed E-state index contributed by atoms with van der Waals surface area (Å²) >= 11 is 2.53. The molecule has 2 aromatic rings. The Hall–Kier alpha value is -2.70. The standard InChI is InChI=1S/C26H28F3IN3O5S/c1-7-16-12-32(8-9-33(16)24(35)38-25(3,4)5)13-21(19-14-39-23(31-19)26(27,28)29)37-20-10-15(2)18(30)11-17(20)22(34)36-6/h1,10-11,14,21H,8-9,12-13H2,2-6H3/q+1. The third kappa shape index (κ3) is 7.92. The van der Waals surface area contributed by atoms with Crippen LogP contribution < -0.4 is 4.74 Å². The van der Waals surface area contributed by atoms with Gasteiger partial charge >= 0.3 is 18.2 Å². The fourth-order valence-electron chi connectivity index (χ4n) is 3.72. The Morgan fingerprint density at radius 2 is 2.00 bits per heavy atom. The van der Waals surface area contributed by atoms with Crippen molar-refractivity contribution in [3.8, 4) is 18.1 Å². The Bertz CT molecular complexity index is 1330. The van der Waals surface area contributed by atoms with E-state index in [0.717, 1.165) is 9.13 Å². The molecular weight excluding hydrogens is 650 g/mol. The highest BCUT2D eigenvalue weighted by Crippen LogP contribution is 2.35. The van der Waals surface area contributed by atoms with Crippen LogP contribution in [0, 0.1) is 22.8 Å². The van der Waals surface area contributed by atoms with Gasteiger partial charge in [0.1, 0.15) is 16.9 Å². The number of aromatic nitrogens is 1. The van der Waals surface area contributed by atoms with E-state index >= 15 is 0 Å². The van der Waals surface area contributed by atoms with Crippen molar-refractivity contribution in [3.63, 3.8) is 0 Å². The van der Waals surface area contributed by atoms with Crippen molar-refractivity contribution in [2.45, 2.75) is 45.6 Å². The number of nitrogens with zero attached hydrogens (tertiary/aromatic N) is 3. The molecule has 8 nitrogen and oxygen atoms in total. The molecule has 0 fully saturated rings. The fraction of sp³-hybridized carbons (Fsp3) is 0.462. The van der Waals surface area contributed by atoms with E-state index in [1.54, 1.807) is 32.9 Å². The number of carbonyl (C=O) groups is 2. The van der Waals surface area contributed by atoms with Gasteiger partial charge in [0.05, 0.1) is 25.9 Å². The minimum atomic E-state index is -4.62. The normalized spacial score (nSPS) is 15.5. The molecule has 3 rings (SSSR count). The number of rotatable bonds is 6. The van der Waals surface area contributed by atoms with Crippen molar-refractivity contribution < 1.29 is 41.5 Å². The van der Waals surface area contributed by atoms with Crippen LogP contribution in [0.15, 0.2) is 17.5 Å². The molecule has 0 saturated carbocycles. The largest absolute Gasteiger partial charge is 0.597 e. The number of thiazole rings is 1. The third-order valence-corrected chi connectivity index (χ3v) is 7.64. The van der Waals surface area contributed by atoms with Crippen molar-refractivity contribution in [2.24, 2.45) is 0 Å². The van der Waals surface area contributed by atoms with E-state index < -0.39 is 35.0 Å². The van der Waals surface area contributed by atoms with Gasteiger partial charge in [-0.25, -0.2) is 9.78 Å². The summed E-state index contributed by atoms with van der Waals surface area (Å²) in [6.07, 6.45) is -0.494. The zero-order valence-electron chi connectivity index (χ0n) is 22.0. The number of esters is 1. The van der Waals surface area contributed by atoms with Crippen molar-refractivity contribution in [1.82, 2.24) is 9.88 Å². The van der Waals surface area contributed by atoms with Gasteiger partial charge in [0.15, 0.2) is 17.7 Å². The van der Waals surface area contributed by atoms with E-state index in [1.165, 1.54) is 17.1 Å². The lowest BCUT2D eigenvalue weighted by molar-refractivity contribution is -0.457. The molecule has 1 amide bonds. The van der Waals surface area contributed by atoms with E-state index in [0.29, 0.717) is 23.6 Å². The Morgan fingerprint density at radius 3 is 2.56 bits per heavy atom. The van der Waals surface area contributed by atoms with Gasteiger partial charge < -0.3 is 14.2 Å². The highest BCUT2D eigenvalue weighted by molar-refractivity contribution is 14.1. The zero-order chi connectivity index (χ0) is 29.1. The number of hydrogen-bond donors (Lipinski definition) is 0. The first-order valence-corrected chi connectivity index (χ1v) is 13.7. The number of hydrogen-bond acceptors (Lipinski definition) is 8. The van der Waals surface area contributed by atoms with Gasteiger partial charge in [-0.1, -0.05) is 0 Å². The lowest BCUT2D eigenvalue weighted by atomic mass is 10.1. The van der Waals surface area contributed by atoms with Crippen LogP contribution >= 0.6 is 33.9 Å². The minimum Gasteiger partial charge on any atom is -0.482 e. The Kier molecular flexibility index (Phi) is 9.66. The van der Waals surface area contributed by atoms with Crippen molar-refractivity contribution >= 4 is 51.7 Å². The highest BCUT2D eigenvalue weighted by Gasteiger charge is 2.38. The molecule has 1 unspecified atom stereocenters. The highest BCUT2D eigenvalue weighted by atomic mass is 127. The van der Waals surface area contributed by atoms with Gasteiger partial charge in [-0.2, -0.15) is 18.0 Å². The van der Waals surface area contributed by atoms with Gasteiger partial charge in [-0.15, -0.1) is 22.3 Å². The molecule has 0 bridgehead atoms. The Labute approximate surface area is 242 Å². The van der Waals surface area contributed by atoms with Crippen molar-refractivity contribution in [2.75, 3.05) is 33.3 Å². The summed E-state index contributed by atoms with van der Waals surface area (Å²) in [7, 11) is 1.23. The molecule has 0 spiro atoms. The lowest BCUT2D eigenvalue weighted by Gasteiger charge is -2.29. The maximum Gasteiger partial charge on any atom is 0.597 e.